The zero-order chi connectivity index (χ0) is 24.1. The summed E-state index contributed by atoms with van der Waals surface area (Å²) in [5, 5.41) is 20.4. The summed E-state index contributed by atoms with van der Waals surface area (Å²) >= 11 is 0. The van der Waals surface area contributed by atoms with Gasteiger partial charge in [-0.15, -0.1) is 0 Å². The summed E-state index contributed by atoms with van der Waals surface area (Å²) in [6, 6.07) is 0. The molecular weight excluding hydrogens is 530 g/mol. The van der Waals surface area contributed by atoms with Gasteiger partial charge in [0.15, 0.2) is 17.4 Å². The smallest absolute Gasteiger partial charge is 0.387 e. The molecule has 33 heavy (non-hydrogen) atoms. The molecule has 1 aliphatic heterocycles. The Morgan fingerprint density at radius 3 is 2.36 bits per heavy atom. The predicted octanol–water partition coefficient (Wildman–Crippen LogP) is -2.72. The van der Waals surface area contributed by atoms with Crippen LogP contribution >= 0.6 is 23.5 Å². The maximum Gasteiger partial charge on any atom is 0.490 e. The van der Waals surface area contributed by atoms with E-state index in [1.807, 2.05) is 0 Å². The zero-order valence-corrected chi connectivity index (χ0v) is 21.0. The Balaban J connectivity index is 0.00000385. The quantitative estimate of drug-likeness (QED) is 0.123. The number of aromatic nitrogens is 4. The Kier molecular flexibility index (Phi) is 8.86. The summed E-state index contributed by atoms with van der Waals surface area (Å²) in [6.07, 6.45) is -5.33. The summed E-state index contributed by atoms with van der Waals surface area (Å²) in [5.74, 6) is -0.276. The van der Waals surface area contributed by atoms with Crippen molar-refractivity contribution in [2.24, 2.45) is 0 Å². The van der Waals surface area contributed by atoms with Crippen molar-refractivity contribution in [2.45, 2.75) is 24.5 Å². The summed E-state index contributed by atoms with van der Waals surface area (Å²) in [4.78, 5) is 57.3. The van der Waals surface area contributed by atoms with E-state index in [0.29, 0.717) is 0 Å². The molecule has 0 saturated carbocycles. The molecule has 0 spiro atoms. The van der Waals surface area contributed by atoms with Crippen LogP contribution in [0.4, 0.5) is 5.95 Å². The fourth-order valence-electron chi connectivity index (χ4n) is 2.70. The minimum atomic E-state index is -5.73. The van der Waals surface area contributed by atoms with Crippen LogP contribution in [0.3, 0.4) is 0 Å². The molecule has 23 heteroatoms. The van der Waals surface area contributed by atoms with Crippen molar-refractivity contribution in [3.8, 4) is 0 Å². The third-order valence-corrected chi connectivity index (χ3v) is 7.68. The van der Waals surface area contributed by atoms with Crippen LogP contribution in [0.15, 0.2) is 11.1 Å². The SMILES string of the molecule is Nc1nc2c(ncn2C2OC(COP(=O)(O)OP(=O)(O)OP(=O)(O)O)C(O)C2O)c(=O)[nH]1.[Na]. The molecule has 181 valence electrons. The van der Waals surface area contributed by atoms with Crippen molar-refractivity contribution >= 4 is 70.1 Å². The van der Waals surface area contributed by atoms with Gasteiger partial charge in [0.1, 0.15) is 18.3 Å². The summed E-state index contributed by atoms with van der Waals surface area (Å²) in [5.41, 5.74) is 4.50. The third-order valence-electron chi connectivity index (χ3n) is 3.88. The van der Waals surface area contributed by atoms with E-state index >= 15 is 0 Å². The van der Waals surface area contributed by atoms with E-state index in [0.717, 1.165) is 10.9 Å². The standard InChI is InChI=1S/C10H16N5O14P3.Na/c11-10-13-7-4(8(18)14-10)12-2-15(7)9-6(17)5(16)3(27-9)1-26-31(22,23)29-32(24,25)28-30(19,20)21;/h2-3,5-6,9,16-17H,1H2,(H,22,23)(H,24,25)(H2,19,20,21)(H3,11,13,14,18);. The minimum Gasteiger partial charge on any atom is -0.387 e. The number of imidazole rings is 1. The Morgan fingerprint density at radius 2 is 1.76 bits per heavy atom. The third kappa shape index (κ3) is 6.99. The van der Waals surface area contributed by atoms with Crippen LogP contribution in [-0.4, -0.2) is 104 Å². The van der Waals surface area contributed by atoms with Gasteiger partial charge in [-0.05, 0) is 0 Å². The molecule has 1 fully saturated rings. The Morgan fingerprint density at radius 1 is 1.12 bits per heavy atom. The molecule has 19 nitrogen and oxygen atoms in total. The van der Waals surface area contributed by atoms with E-state index in [2.05, 4.69) is 28.1 Å². The summed E-state index contributed by atoms with van der Waals surface area (Å²) in [7, 11) is -16.8. The largest absolute Gasteiger partial charge is 0.490 e. The number of hydrogen-bond donors (Lipinski definition) is 8. The van der Waals surface area contributed by atoms with Gasteiger partial charge in [-0.2, -0.15) is 13.6 Å². The van der Waals surface area contributed by atoms with E-state index in [-0.39, 0.29) is 46.7 Å². The molecule has 1 saturated heterocycles. The molecule has 2 aromatic rings. The van der Waals surface area contributed by atoms with Crippen molar-refractivity contribution in [3.05, 3.63) is 16.7 Å². The number of ether oxygens (including phenoxy) is 1. The number of anilines is 1. The average molecular weight is 546 g/mol. The second kappa shape index (κ2) is 10.2. The van der Waals surface area contributed by atoms with Crippen LogP contribution in [0.1, 0.15) is 6.23 Å². The number of nitrogens with one attached hydrogen (secondary N) is 1. The van der Waals surface area contributed by atoms with Crippen LogP contribution in [0.5, 0.6) is 0 Å². The molecule has 2 aromatic heterocycles. The zero-order valence-electron chi connectivity index (χ0n) is 16.3. The van der Waals surface area contributed by atoms with E-state index < -0.39 is 60.2 Å². The molecule has 9 N–H and O–H groups in total. The number of phosphoric acid groups is 3. The number of nitrogens with zero attached hydrogens (tertiary/aromatic N) is 3. The number of fused-ring (bicyclic) bond motifs is 1. The number of H-pyrrole nitrogens is 1. The van der Waals surface area contributed by atoms with Crippen LogP contribution in [0, 0.1) is 0 Å². The van der Waals surface area contributed by atoms with Gasteiger partial charge in [0, 0.05) is 29.6 Å². The van der Waals surface area contributed by atoms with Gasteiger partial charge in [0.2, 0.25) is 5.95 Å². The van der Waals surface area contributed by atoms with Gasteiger partial charge >= 0.3 is 23.5 Å². The molecule has 0 bridgehead atoms. The molecular formula is C10H16N5NaO14P3. The molecule has 0 aromatic carbocycles. The van der Waals surface area contributed by atoms with Crippen molar-refractivity contribution in [1.29, 1.82) is 0 Å². The van der Waals surface area contributed by atoms with Crippen LogP contribution in [0.25, 0.3) is 11.2 Å². The maximum absolute atomic E-state index is 11.9. The van der Waals surface area contributed by atoms with Gasteiger partial charge in [-0.25, -0.2) is 18.7 Å². The first-order chi connectivity index (χ1) is 14.6. The number of aromatic amines is 1. The predicted molar refractivity (Wildman–Crippen MR) is 104 cm³/mol. The fraction of sp³-hybridized carbons (Fsp3) is 0.500. The van der Waals surface area contributed by atoms with E-state index in [9.17, 15) is 33.6 Å². The maximum atomic E-state index is 11.9. The van der Waals surface area contributed by atoms with Crippen LogP contribution < -0.4 is 11.3 Å². The van der Waals surface area contributed by atoms with Gasteiger partial charge in [-0.1, -0.05) is 0 Å². The minimum absolute atomic E-state index is 0. The van der Waals surface area contributed by atoms with Gasteiger partial charge in [0.25, 0.3) is 5.56 Å². The van der Waals surface area contributed by atoms with Crippen LogP contribution in [-0.2, 0) is 31.6 Å². The van der Waals surface area contributed by atoms with Crippen molar-refractivity contribution in [2.75, 3.05) is 12.3 Å². The molecule has 3 heterocycles. The second-order valence-corrected chi connectivity index (χ2v) is 10.6. The first kappa shape index (κ1) is 28.7. The van der Waals surface area contributed by atoms with E-state index in [4.69, 9.17) is 25.2 Å². The molecule has 1 radical (unpaired) electrons. The topological polar surface area (TPSA) is 299 Å². The normalized spacial score (nSPS) is 27.1. The molecule has 0 amide bonds. The van der Waals surface area contributed by atoms with Crippen LogP contribution in [0.2, 0.25) is 0 Å². The number of aliphatic hydroxyl groups is 2. The van der Waals surface area contributed by atoms with Crippen molar-refractivity contribution < 1.29 is 61.4 Å². The number of nitrogens with two attached hydrogens (primary N) is 1. The number of phosphoric ester groups is 1. The van der Waals surface area contributed by atoms with Crippen molar-refractivity contribution in [3.63, 3.8) is 0 Å². The van der Waals surface area contributed by atoms with E-state index in [1.165, 1.54) is 0 Å². The molecule has 0 aliphatic carbocycles. The Bertz CT molecular complexity index is 1210. The Labute approximate surface area is 204 Å². The van der Waals surface area contributed by atoms with Gasteiger partial charge in [0.05, 0.1) is 12.9 Å². The first-order valence-electron chi connectivity index (χ1n) is 8.11. The molecule has 6 atom stereocenters. The number of hydrogen-bond acceptors (Lipinski definition) is 13. The van der Waals surface area contributed by atoms with Crippen molar-refractivity contribution in [1.82, 2.24) is 19.5 Å². The number of nitrogen functional groups attached to an aromatic ring is 1. The fourth-order valence-corrected chi connectivity index (χ4v) is 5.73. The number of rotatable bonds is 8. The molecule has 1 aliphatic rings. The monoisotopic (exact) mass is 546 g/mol. The second-order valence-electron chi connectivity index (χ2n) is 6.21. The molecule has 6 unspecified atom stereocenters. The van der Waals surface area contributed by atoms with Gasteiger partial charge in [-0.3, -0.25) is 18.9 Å². The summed E-state index contributed by atoms with van der Waals surface area (Å²) < 4.78 is 51.6. The Hall–Kier alpha value is -0.560. The number of aliphatic hydroxyl groups excluding tert-OH is 2. The van der Waals surface area contributed by atoms with E-state index in [1.54, 1.807) is 0 Å². The summed E-state index contributed by atoms with van der Waals surface area (Å²) in [6.45, 7) is -1.01. The molecule has 3 rings (SSSR count). The average Bonchev–Trinajstić information content (AvgIpc) is 3.12. The van der Waals surface area contributed by atoms with Gasteiger partial charge < -0.3 is 40.3 Å². The first-order valence-corrected chi connectivity index (χ1v) is 12.6.